The van der Waals surface area contributed by atoms with Crippen molar-refractivity contribution in [3.63, 3.8) is 0 Å². The molecule has 0 aliphatic carbocycles. The maximum absolute atomic E-state index is 13.1. The summed E-state index contributed by atoms with van der Waals surface area (Å²) >= 11 is 0. The minimum absolute atomic E-state index is 0.0793. The first-order chi connectivity index (χ1) is 16.0. The number of hydrogen-bond donors (Lipinski definition) is 4. The second kappa shape index (κ2) is 9.45. The van der Waals surface area contributed by atoms with Crippen molar-refractivity contribution < 1.29 is 19.8 Å². The van der Waals surface area contributed by atoms with Gasteiger partial charge in [0.05, 0.1) is 11.1 Å². The van der Waals surface area contributed by atoms with E-state index in [9.17, 15) is 19.8 Å². The van der Waals surface area contributed by atoms with Crippen LogP contribution >= 0.6 is 0 Å². The highest BCUT2D eigenvalue weighted by Crippen LogP contribution is 2.39. The van der Waals surface area contributed by atoms with Crippen LogP contribution in [0.2, 0.25) is 0 Å². The van der Waals surface area contributed by atoms with Gasteiger partial charge in [0.25, 0.3) is 11.8 Å². The summed E-state index contributed by atoms with van der Waals surface area (Å²) in [5.41, 5.74) is 6.80. The molecule has 0 aliphatic rings. The monoisotopic (exact) mass is 496 g/mol. The number of hydrazine groups is 1. The fourth-order valence-electron chi connectivity index (χ4n) is 3.87. The standard InChI is InChI=1S/C30H44N2O4/c1-27(2,3)17-13-19(23(33)21(15-17)29(7,8)9)25(35)31-32-26(36)20-14-18(28(4,5)6)16-22(24(20)34)30(10,11)12/h13-16,33-34H,1-12H3,(H,31,35)(H,32,36). The van der Waals surface area contributed by atoms with E-state index in [-0.39, 0.29) is 33.5 Å². The normalized spacial score (nSPS) is 12.9. The fourth-order valence-corrected chi connectivity index (χ4v) is 3.87. The van der Waals surface area contributed by atoms with Crippen molar-refractivity contribution >= 4 is 11.8 Å². The number of rotatable bonds is 2. The summed E-state index contributed by atoms with van der Waals surface area (Å²) in [7, 11) is 0. The van der Waals surface area contributed by atoms with Crippen molar-refractivity contribution in [3.8, 4) is 11.5 Å². The first-order valence-corrected chi connectivity index (χ1v) is 12.4. The highest BCUT2D eigenvalue weighted by atomic mass is 16.3. The Morgan fingerprint density at radius 2 is 0.806 bits per heavy atom. The molecule has 0 aliphatic heterocycles. The molecule has 0 fully saturated rings. The zero-order valence-corrected chi connectivity index (χ0v) is 24.0. The van der Waals surface area contributed by atoms with Gasteiger partial charge in [0.1, 0.15) is 11.5 Å². The zero-order valence-electron chi connectivity index (χ0n) is 24.0. The number of hydrogen-bond acceptors (Lipinski definition) is 4. The molecule has 2 aromatic rings. The van der Waals surface area contributed by atoms with Crippen LogP contribution in [0.25, 0.3) is 0 Å². The molecule has 2 rings (SSSR count). The second-order valence-corrected chi connectivity index (χ2v) is 13.7. The highest BCUT2D eigenvalue weighted by Gasteiger charge is 2.29. The van der Waals surface area contributed by atoms with Gasteiger partial charge in [-0.05, 0) is 44.9 Å². The lowest BCUT2D eigenvalue weighted by molar-refractivity contribution is 0.0842. The highest BCUT2D eigenvalue weighted by molar-refractivity contribution is 6.02. The lowest BCUT2D eigenvalue weighted by Crippen LogP contribution is -2.42. The number of carbonyl (C=O) groups is 2. The van der Waals surface area contributed by atoms with Crippen LogP contribution in [0.1, 0.15) is 126 Å². The van der Waals surface area contributed by atoms with Crippen molar-refractivity contribution in [2.24, 2.45) is 0 Å². The van der Waals surface area contributed by atoms with E-state index < -0.39 is 22.6 Å². The third-order valence-corrected chi connectivity index (χ3v) is 6.35. The summed E-state index contributed by atoms with van der Waals surface area (Å²) in [4.78, 5) is 26.3. The van der Waals surface area contributed by atoms with E-state index in [1.54, 1.807) is 12.1 Å². The molecule has 0 radical (unpaired) electrons. The van der Waals surface area contributed by atoms with Gasteiger partial charge >= 0.3 is 0 Å². The van der Waals surface area contributed by atoms with Crippen molar-refractivity contribution in [3.05, 3.63) is 57.6 Å². The molecule has 198 valence electrons. The zero-order chi connectivity index (χ0) is 28.0. The van der Waals surface area contributed by atoms with Crippen LogP contribution in [0, 0.1) is 0 Å². The van der Waals surface area contributed by atoms with Gasteiger partial charge in [0.15, 0.2) is 0 Å². The first kappa shape index (κ1) is 29.2. The van der Waals surface area contributed by atoms with Crippen molar-refractivity contribution in [1.29, 1.82) is 0 Å². The Bertz CT molecular complexity index is 1070. The van der Waals surface area contributed by atoms with Gasteiger partial charge in [0.2, 0.25) is 0 Å². The Morgan fingerprint density at radius 3 is 1.03 bits per heavy atom. The van der Waals surface area contributed by atoms with E-state index in [2.05, 4.69) is 10.9 Å². The van der Waals surface area contributed by atoms with Crippen LogP contribution in [0.4, 0.5) is 0 Å². The van der Waals surface area contributed by atoms with Crippen molar-refractivity contribution in [2.45, 2.75) is 105 Å². The van der Waals surface area contributed by atoms with E-state index in [0.717, 1.165) is 11.1 Å². The van der Waals surface area contributed by atoms with E-state index >= 15 is 0 Å². The molecular formula is C30H44N2O4. The molecule has 36 heavy (non-hydrogen) atoms. The van der Waals surface area contributed by atoms with Crippen LogP contribution in [0.3, 0.4) is 0 Å². The summed E-state index contributed by atoms with van der Waals surface area (Å²) in [6.07, 6.45) is 0. The molecule has 0 aromatic heterocycles. The Labute approximate surface area is 216 Å². The molecule has 0 heterocycles. The molecule has 0 unspecified atom stereocenters. The average molecular weight is 497 g/mol. The molecule has 2 aromatic carbocycles. The maximum Gasteiger partial charge on any atom is 0.273 e. The molecule has 0 saturated heterocycles. The lowest BCUT2D eigenvalue weighted by Gasteiger charge is -2.28. The van der Waals surface area contributed by atoms with Gasteiger partial charge in [-0.1, -0.05) is 95.2 Å². The molecule has 0 spiro atoms. The molecular weight excluding hydrogens is 452 g/mol. The van der Waals surface area contributed by atoms with Crippen LogP contribution in [0.15, 0.2) is 24.3 Å². The van der Waals surface area contributed by atoms with Gasteiger partial charge in [-0.2, -0.15) is 0 Å². The summed E-state index contributed by atoms with van der Waals surface area (Å²) in [5, 5.41) is 21.9. The fraction of sp³-hybridized carbons (Fsp3) is 0.533. The smallest absolute Gasteiger partial charge is 0.273 e. The predicted molar refractivity (Wildman–Crippen MR) is 146 cm³/mol. The number of phenols is 2. The van der Waals surface area contributed by atoms with E-state index in [0.29, 0.717) is 11.1 Å². The molecule has 6 nitrogen and oxygen atoms in total. The first-order valence-electron chi connectivity index (χ1n) is 12.4. The molecule has 0 bridgehead atoms. The van der Waals surface area contributed by atoms with E-state index in [1.807, 2.05) is 95.2 Å². The van der Waals surface area contributed by atoms with Crippen molar-refractivity contribution in [1.82, 2.24) is 10.9 Å². The van der Waals surface area contributed by atoms with Gasteiger partial charge in [-0.25, -0.2) is 0 Å². The SMILES string of the molecule is CC(C)(C)c1cc(C(=O)NNC(=O)c2cc(C(C)(C)C)cc(C(C)(C)C)c2O)c(O)c(C(C)(C)C)c1. The third kappa shape index (κ3) is 6.40. The summed E-state index contributed by atoms with van der Waals surface area (Å²) in [6.45, 7) is 24.0. The third-order valence-electron chi connectivity index (χ3n) is 6.35. The predicted octanol–water partition coefficient (Wildman–Crippen LogP) is 6.36. The van der Waals surface area contributed by atoms with Crippen LogP contribution in [-0.4, -0.2) is 22.0 Å². The second-order valence-electron chi connectivity index (χ2n) is 13.7. The Balaban J connectivity index is 2.47. The minimum atomic E-state index is -0.639. The average Bonchev–Trinajstić information content (AvgIpc) is 2.68. The largest absolute Gasteiger partial charge is 0.507 e. The summed E-state index contributed by atoms with van der Waals surface area (Å²) in [5.74, 6) is -1.51. The van der Waals surface area contributed by atoms with E-state index in [4.69, 9.17) is 0 Å². The van der Waals surface area contributed by atoms with Crippen molar-refractivity contribution in [2.75, 3.05) is 0 Å². The number of nitrogens with one attached hydrogen (secondary N) is 2. The number of carbonyl (C=O) groups excluding carboxylic acids is 2. The maximum atomic E-state index is 13.1. The van der Waals surface area contributed by atoms with Gasteiger partial charge in [0, 0.05) is 11.1 Å². The number of benzene rings is 2. The Hall–Kier alpha value is -3.02. The lowest BCUT2D eigenvalue weighted by atomic mass is 9.78. The topological polar surface area (TPSA) is 98.7 Å². The Morgan fingerprint density at radius 1 is 0.528 bits per heavy atom. The van der Waals surface area contributed by atoms with Crippen LogP contribution in [-0.2, 0) is 21.7 Å². The van der Waals surface area contributed by atoms with Gasteiger partial charge < -0.3 is 10.2 Å². The molecule has 4 N–H and O–H groups in total. The van der Waals surface area contributed by atoms with E-state index in [1.165, 1.54) is 0 Å². The van der Waals surface area contributed by atoms with Crippen LogP contribution in [0.5, 0.6) is 11.5 Å². The Kier molecular flexibility index (Phi) is 7.67. The molecule has 6 heteroatoms. The quantitative estimate of drug-likeness (QED) is 0.363. The van der Waals surface area contributed by atoms with Gasteiger partial charge in [-0.15, -0.1) is 0 Å². The van der Waals surface area contributed by atoms with Crippen LogP contribution < -0.4 is 10.9 Å². The summed E-state index contributed by atoms with van der Waals surface area (Å²) < 4.78 is 0. The molecule has 0 saturated carbocycles. The molecule has 2 amide bonds. The molecule has 0 atom stereocenters. The van der Waals surface area contributed by atoms with Gasteiger partial charge in [-0.3, -0.25) is 20.4 Å². The summed E-state index contributed by atoms with van der Waals surface area (Å²) in [6, 6.07) is 7.16. The minimum Gasteiger partial charge on any atom is -0.507 e. The number of aromatic hydroxyl groups is 2. The number of phenolic OH excluding ortho intramolecular Hbond substituents is 2. The number of amides is 2.